The lowest BCUT2D eigenvalue weighted by Crippen LogP contribution is -2.50. The number of carbonyl (C=O) groups excluding carboxylic acids is 1. The molecule has 6 heteroatoms. The van der Waals surface area contributed by atoms with E-state index in [1.54, 1.807) is 6.92 Å². The SMILES string of the molecule is Cc1ccc([C@H](NCC(=O)N[C@@]2(C)CCS(=O)(=O)C2)c2ccccc2)cc1. The summed E-state index contributed by atoms with van der Waals surface area (Å²) >= 11 is 0. The van der Waals surface area contributed by atoms with Crippen molar-refractivity contribution in [3.63, 3.8) is 0 Å². The van der Waals surface area contributed by atoms with Gasteiger partial charge >= 0.3 is 0 Å². The zero-order valence-corrected chi connectivity index (χ0v) is 16.6. The average molecular weight is 387 g/mol. The first kappa shape index (κ1) is 19.6. The Bertz CT molecular complexity index is 895. The van der Waals surface area contributed by atoms with Gasteiger partial charge in [-0.15, -0.1) is 0 Å². The van der Waals surface area contributed by atoms with Gasteiger partial charge in [-0.3, -0.25) is 10.1 Å². The highest BCUT2D eigenvalue weighted by atomic mass is 32.2. The summed E-state index contributed by atoms with van der Waals surface area (Å²) in [6, 6.07) is 18.1. The maximum absolute atomic E-state index is 12.5. The predicted octanol–water partition coefficient (Wildman–Crippen LogP) is 2.37. The van der Waals surface area contributed by atoms with E-state index in [1.807, 2.05) is 37.3 Å². The van der Waals surface area contributed by atoms with Crippen molar-refractivity contribution in [2.45, 2.75) is 31.8 Å². The van der Waals surface area contributed by atoms with Gasteiger partial charge in [0, 0.05) is 0 Å². The largest absolute Gasteiger partial charge is 0.349 e. The van der Waals surface area contributed by atoms with Crippen LogP contribution in [-0.2, 0) is 14.6 Å². The summed E-state index contributed by atoms with van der Waals surface area (Å²) in [5.74, 6) is -0.0541. The Morgan fingerprint density at radius 1 is 1.07 bits per heavy atom. The van der Waals surface area contributed by atoms with E-state index in [9.17, 15) is 13.2 Å². The van der Waals surface area contributed by atoms with Crippen molar-refractivity contribution in [1.29, 1.82) is 0 Å². The number of hydrogen-bond donors (Lipinski definition) is 2. The lowest BCUT2D eigenvalue weighted by Gasteiger charge is -2.25. The van der Waals surface area contributed by atoms with Gasteiger partial charge in [0.2, 0.25) is 5.91 Å². The summed E-state index contributed by atoms with van der Waals surface area (Å²) in [7, 11) is -3.06. The molecule has 0 unspecified atom stereocenters. The van der Waals surface area contributed by atoms with Crippen molar-refractivity contribution in [2.24, 2.45) is 0 Å². The van der Waals surface area contributed by atoms with Gasteiger partial charge in [-0.05, 0) is 31.4 Å². The van der Waals surface area contributed by atoms with Crippen molar-refractivity contribution >= 4 is 15.7 Å². The summed E-state index contributed by atoms with van der Waals surface area (Å²) in [5.41, 5.74) is 2.65. The summed E-state index contributed by atoms with van der Waals surface area (Å²) in [4.78, 5) is 12.5. The highest BCUT2D eigenvalue weighted by Crippen LogP contribution is 2.24. The van der Waals surface area contributed by atoms with Crippen LogP contribution in [-0.4, -0.2) is 37.9 Å². The third-order valence-electron chi connectivity index (χ3n) is 4.95. The topological polar surface area (TPSA) is 75.3 Å². The van der Waals surface area contributed by atoms with E-state index >= 15 is 0 Å². The van der Waals surface area contributed by atoms with Crippen molar-refractivity contribution < 1.29 is 13.2 Å². The van der Waals surface area contributed by atoms with Gasteiger partial charge in [0.05, 0.1) is 29.6 Å². The van der Waals surface area contributed by atoms with Crippen LogP contribution in [0.1, 0.15) is 36.1 Å². The number of sulfone groups is 1. The van der Waals surface area contributed by atoms with E-state index in [2.05, 4.69) is 34.9 Å². The number of rotatable bonds is 6. The zero-order valence-electron chi connectivity index (χ0n) is 15.7. The second-order valence-corrected chi connectivity index (χ2v) is 9.77. The van der Waals surface area contributed by atoms with E-state index in [-0.39, 0.29) is 30.0 Å². The molecule has 144 valence electrons. The lowest BCUT2D eigenvalue weighted by molar-refractivity contribution is -0.121. The zero-order chi connectivity index (χ0) is 19.5. The molecule has 1 amide bonds. The Morgan fingerprint density at radius 3 is 2.30 bits per heavy atom. The molecule has 0 spiro atoms. The van der Waals surface area contributed by atoms with Gasteiger partial charge in [-0.2, -0.15) is 0 Å². The van der Waals surface area contributed by atoms with Crippen molar-refractivity contribution in [3.05, 3.63) is 71.3 Å². The van der Waals surface area contributed by atoms with Gasteiger partial charge in [0.15, 0.2) is 9.84 Å². The molecule has 3 rings (SSSR count). The van der Waals surface area contributed by atoms with Crippen LogP contribution in [0.2, 0.25) is 0 Å². The average Bonchev–Trinajstić information content (AvgIpc) is 2.90. The van der Waals surface area contributed by atoms with E-state index < -0.39 is 15.4 Å². The maximum atomic E-state index is 12.5. The molecule has 1 aliphatic heterocycles. The fourth-order valence-corrected chi connectivity index (χ4v) is 5.61. The molecule has 1 saturated heterocycles. The van der Waals surface area contributed by atoms with Crippen LogP contribution in [0.25, 0.3) is 0 Å². The fourth-order valence-electron chi connectivity index (χ4n) is 3.52. The number of benzene rings is 2. The molecule has 1 heterocycles. The van der Waals surface area contributed by atoms with E-state index in [0.29, 0.717) is 6.42 Å². The second kappa shape index (κ2) is 7.82. The number of amides is 1. The molecule has 2 N–H and O–H groups in total. The van der Waals surface area contributed by atoms with Crippen LogP contribution in [0.5, 0.6) is 0 Å². The molecule has 1 aliphatic rings. The van der Waals surface area contributed by atoms with Crippen LogP contribution in [0, 0.1) is 6.92 Å². The molecule has 0 aromatic heterocycles. The van der Waals surface area contributed by atoms with E-state index in [4.69, 9.17) is 0 Å². The minimum atomic E-state index is -3.06. The molecule has 27 heavy (non-hydrogen) atoms. The molecule has 0 aliphatic carbocycles. The third kappa shape index (κ3) is 5.17. The molecule has 2 atom stereocenters. The fraction of sp³-hybridized carbons (Fsp3) is 0.381. The predicted molar refractivity (Wildman–Crippen MR) is 107 cm³/mol. The Morgan fingerprint density at radius 2 is 1.70 bits per heavy atom. The number of hydrogen-bond acceptors (Lipinski definition) is 4. The lowest BCUT2D eigenvalue weighted by atomic mass is 9.97. The number of nitrogens with one attached hydrogen (secondary N) is 2. The second-order valence-electron chi connectivity index (χ2n) is 7.59. The molecule has 0 saturated carbocycles. The van der Waals surface area contributed by atoms with Gasteiger partial charge in [0.25, 0.3) is 0 Å². The quantitative estimate of drug-likeness (QED) is 0.799. The molecule has 0 bridgehead atoms. The molecule has 1 fully saturated rings. The van der Waals surface area contributed by atoms with Crippen LogP contribution >= 0.6 is 0 Å². The van der Waals surface area contributed by atoms with Crippen molar-refractivity contribution in [2.75, 3.05) is 18.1 Å². The minimum Gasteiger partial charge on any atom is -0.349 e. The third-order valence-corrected chi connectivity index (χ3v) is 6.86. The summed E-state index contributed by atoms with van der Waals surface area (Å²) in [6.07, 6.45) is 0.459. The Balaban J connectivity index is 1.70. The van der Waals surface area contributed by atoms with Gasteiger partial charge in [-0.1, -0.05) is 60.2 Å². The van der Waals surface area contributed by atoms with Gasteiger partial charge in [0.1, 0.15) is 0 Å². The molecule has 5 nitrogen and oxygen atoms in total. The van der Waals surface area contributed by atoms with Crippen LogP contribution in [0.3, 0.4) is 0 Å². The van der Waals surface area contributed by atoms with Crippen LogP contribution in [0.4, 0.5) is 0 Å². The molecular formula is C21H26N2O3S. The molecule has 2 aromatic rings. The number of aryl methyl sites for hydroxylation is 1. The Kier molecular flexibility index (Phi) is 5.67. The molecule has 2 aromatic carbocycles. The van der Waals surface area contributed by atoms with Crippen LogP contribution in [0.15, 0.2) is 54.6 Å². The summed E-state index contributed by atoms with van der Waals surface area (Å²) in [6.45, 7) is 3.95. The normalized spacial score (nSPS) is 22.3. The van der Waals surface area contributed by atoms with E-state index in [1.165, 1.54) is 5.56 Å². The first-order valence-corrected chi connectivity index (χ1v) is 10.9. The van der Waals surface area contributed by atoms with Crippen molar-refractivity contribution in [3.8, 4) is 0 Å². The highest BCUT2D eigenvalue weighted by molar-refractivity contribution is 7.91. The van der Waals surface area contributed by atoms with Gasteiger partial charge < -0.3 is 5.32 Å². The Hall–Kier alpha value is -2.18. The van der Waals surface area contributed by atoms with Crippen molar-refractivity contribution in [1.82, 2.24) is 10.6 Å². The first-order valence-electron chi connectivity index (χ1n) is 9.13. The minimum absolute atomic E-state index is 0.00577. The molecular weight excluding hydrogens is 360 g/mol. The standard InChI is InChI=1S/C21H26N2O3S/c1-16-8-10-18(11-9-16)20(17-6-4-3-5-7-17)22-14-19(24)23-21(2)12-13-27(25,26)15-21/h3-11,20,22H,12-15H2,1-2H3,(H,23,24)/t20-,21+/m1/s1. The first-order chi connectivity index (χ1) is 12.8. The monoisotopic (exact) mass is 386 g/mol. The summed E-state index contributed by atoms with van der Waals surface area (Å²) < 4.78 is 23.4. The van der Waals surface area contributed by atoms with E-state index in [0.717, 1.165) is 11.1 Å². The number of carbonyl (C=O) groups is 1. The summed E-state index contributed by atoms with van der Waals surface area (Å²) in [5, 5.41) is 6.22. The maximum Gasteiger partial charge on any atom is 0.234 e. The molecule has 0 radical (unpaired) electrons. The van der Waals surface area contributed by atoms with Crippen LogP contribution < -0.4 is 10.6 Å². The van der Waals surface area contributed by atoms with Gasteiger partial charge in [-0.25, -0.2) is 8.42 Å². The smallest absolute Gasteiger partial charge is 0.234 e. The highest BCUT2D eigenvalue weighted by Gasteiger charge is 2.39. The Labute approximate surface area is 161 Å².